The molecule has 0 aliphatic carbocycles. The van der Waals surface area contributed by atoms with Gasteiger partial charge < -0.3 is 5.32 Å². The highest BCUT2D eigenvalue weighted by atomic mass is 19.1. The Morgan fingerprint density at radius 1 is 1.22 bits per heavy atom. The molecule has 0 radical (unpaired) electrons. The normalized spacial score (nSPS) is 14.1. The third kappa shape index (κ3) is 2.36. The van der Waals surface area contributed by atoms with Crippen LogP contribution in [-0.4, -0.2) is 33.1 Å². The van der Waals surface area contributed by atoms with Gasteiger partial charge in [0.2, 0.25) is 5.91 Å². The van der Waals surface area contributed by atoms with Gasteiger partial charge in [0.1, 0.15) is 18.1 Å². The minimum atomic E-state index is -0.292. The monoisotopic (exact) mass is 309 g/mol. The number of pyridine rings is 1. The summed E-state index contributed by atoms with van der Waals surface area (Å²) >= 11 is 0. The molecule has 0 unspecified atom stereocenters. The van der Waals surface area contributed by atoms with Crippen LogP contribution in [0.25, 0.3) is 11.0 Å². The molecule has 0 spiro atoms. The zero-order valence-corrected chi connectivity index (χ0v) is 12.0. The van der Waals surface area contributed by atoms with Crippen molar-refractivity contribution in [3.05, 3.63) is 59.7 Å². The molecule has 0 saturated carbocycles. The fourth-order valence-corrected chi connectivity index (χ4v) is 2.58. The molecule has 114 valence electrons. The van der Waals surface area contributed by atoms with E-state index in [0.29, 0.717) is 22.7 Å². The quantitative estimate of drug-likeness (QED) is 0.797. The van der Waals surface area contributed by atoms with Crippen molar-refractivity contribution in [3.8, 4) is 0 Å². The summed E-state index contributed by atoms with van der Waals surface area (Å²) < 4.78 is 15.5. The molecule has 23 heavy (non-hydrogen) atoms. The van der Waals surface area contributed by atoms with Crippen molar-refractivity contribution in [1.82, 2.24) is 20.1 Å². The number of hydrogen-bond donors (Lipinski definition) is 1. The highest BCUT2D eigenvalue weighted by molar-refractivity contribution is 6.16. The molecule has 4 rings (SSSR count). The lowest BCUT2D eigenvalue weighted by molar-refractivity contribution is -0.117. The Morgan fingerprint density at radius 2 is 2.09 bits per heavy atom. The number of aromatic nitrogens is 3. The topological polar surface area (TPSA) is 72.2 Å². The first kappa shape index (κ1) is 13.6. The van der Waals surface area contributed by atoms with Crippen molar-refractivity contribution in [2.75, 3.05) is 6.54 Å². The zero-order chi connectivity index (χ0) is 15.8. The van der Waals surface area contributed by atoms with Gasteiger partial charge in [-0.2, -0.15) is 5.10 Å². The van der Waals surface area contributed by atoms with Crippen LogP contribution in [0.1, 0.15) is 11.3 Å². The minimum absolute atomic E-state index is 0.0945. The van der Waals surface area contributed by atoms with Gasteiger partial charge in [-0.15, -0.1) is 0 Å². The van der Waals surface area contributed by atoms with Gasteiger partial charge in [0.15, 0.2) is 11.5 Å². The van der Waals surface area contributed by atoms with Gasteiger partial charge in [-0.05, 0) is 18.2 Å². The molecule has 0 atom stereocenters. The van der Waals surface area contributed by atoms with Crippen molar-refractivity contribution >= 4 is 22.8 Å². The SMILES string of the molecule is O=C1CN=C(c2nn(Cc3ccccc3F)c3ncccc23)N1. The van der Waals surface area contributed by atoms with Gasteiger partial charge in [0.25, 0.3) is 0 Å². The summed E-state index contributed by atoms with van der Waals surface area (Å²) in [6, 6.07) is 10.2. The number of fused-ring (bicyclic) bond motifs is 1. The first-order chi connectivity index (χ1) is 11.2. The molecule has 1 N–H and O–H groups in total. The van der Waals surface area contributed by atoms with Crippen LogP contribution in [0.5, 0.6) is 0 Å². The van der Waals surface area contributed by atoms with Gasteiger partial charge in [-0.1, -0.05) is 18.2 Å². The summed E-state index contributed by atoms with van der Waals surface area (Å²) in [5, 5.41) is 7.94. The second-order valence-corrected chi connectivity index (χ2v) is 5.19. The number of aliphatic imine (C=N–C) groups is 1. The van der Waals surface area contributed by atoms with E-state index in [1.807, 2.05) is 6.07 Å². The fraction of sp³-hybridized carbons (Fsp3) is 0.125. The van der Waals surface area contributed by atoms with E-state index >= 15 is 0 Å². The third-order valence-corrected chi connectivity index (χ3v) is 3.65. The van der Waals surface area contributed by atoms with E-state index in [1.165, 1.54) is 6.07 Å². The molecule has 1 amide bonds. The largest absolute Gasteiger partial charge is 0.307 e. The van der Waals surface area contributed by atoms with Gasteiger partial charge >= 0.3 is 0 Å². The number of rotatable bonds is 3. The average Bonchev–Trinajstić information content (AvgIpc) is 3.14. The predicted molar refractivity (Wildman–Crippen MR) is 82.6 cm³/mol. The van der Waals surface area contributed by atoms with Gasteiger partial charge in [-0.3, -0.25) is 9.79 Å². The predicted octanol–water partition coefficient (Wildman–Crippen LogP) is 1.50. The summed E-state index contributed by atoms with van der Waals surface area (Å²) in [5.74, 6) is -0.0267. The molecule has 6 nitrogen and oxygen atoms in total. The standard InChI is InChI=1S/C16H12FN5O/c17-12-6-2-1-4-10(12)9-22-16-11(5-3-7-18-16)14(21-22)15-19-8-13(23)20-15/h1-7H,8-9H2,(H,19,20,23). The van der Waals surface area contributed by atoms with Crippen LogP contribution in [0.4, 0.5) is 4.39 Å². The van der Waals surface area contributed by atoms with Crippen molar-refractivity contribution in [2.45, 2.75) is 6.54 Å². The molecule has 3 aromatic rings. The molecule has 2 aromatic heterocycles. The van der Waals surface area contributed by atoms with Crippen molar-refractivity contribution in [2.24, 2.45) is 4.99 Å². The lowest BCUT2D eigenvalue weighted by Gasteiger charge is -2.04. The van der Waals surface area contributed by atoms with Crippen LogP contribution >= 0.6 is 0 Å². The van der Waals surface area contributed by atoms with Crippen LogP contribution in [0, 0.1) is 5.82 Å². The maximum absolute atomic E-state index is 13.9. The second kappa shape index (κ2) is 5.28. The first-order valence-electron chi connectivity index (χ1n) is 7.12. The molecule has 0 saturated heterocycles. The van der Waals surface area contributed by atoms with Crippen LogP contribution in [0.15, 0.2) is 47.6 Å². The number of carbonyl (C=O) groups is 1. The number of amidine groups is 1. The van der Waals surface area contributed by atoms with E-state index in [1.54, 1.807) is 35.1 Å². The number of amides is 1. The summed E-state index contributed by atoms with van der Waals surface area (Å²) in [5.41, 5.74) is 1.69. The Labute approximate surface area is 130 Å². The first-order valence-corrected chi connectivity index (χ1v) is 7.12. The Balaban J connectivity index is 1.82. The number of nitrogens with zero attached hydrogens (tertiary/aromatic N) is 4. The average molecular weight is 309 g/mol. The Hall–Kier alpha value is -3.09. The smallest absolute Gasteiger partial charge is 0.247 e. The van der Waals surface area contributed by atoms with Crippen LogP contribution in [0.2, 0.25) is 0 Å². The van der Waals surface area contributed by atoms with E-state index in [0.717, 1.165) is 5.39 Å². The molecular weight excluding hydrogens is 297 g/mol. The lowest BCUT2D eigenvalue weighted by Crippen LogP contribution is -2.25. The summed E-state index contributed by atoms with van der Waals surface area (Å²) in [6.45, 7) is 0.346. The van der Waals surface area contributed by atoms with E-state index in [9.17, 15) is 9.18 Å². The summed E-state index contributed by atoms with van der Waals surface area (Å²) in [6.07, 6.45) is 1.65. The number of nitrogens with one attached hydrogen (secondary N) is 1. The molecular formula is C16H12FN5O. The zero-order valence-electron chi connectivity index (χ0n) is 12.0. The molecule has 1 aliphatic heterocycles. The Bertz CT molecular complexity index is 947. The van der Waals surface area contributed by atoms with Gasteiger partial charge in [-0.25, -0.2) is 14.1 Å². The molecule has 0 bridgehead atoms. The molecule has 1 aliphatic rings. The van der Waals surface area contributed by atoms with Crippen molar-refractivity contribution in [1.29, 1.82) is 0 Å². The number of hydrogen-bond acceptors (Lipinski definition) is 4. The van der Waals surface area contributed by atoms with Crippen LogP contribution in [0.3, 0.4) is 0 Å². The molecule has 3 heterocycles. The highest BCUT2D eigenvalue weighted by Gasteiger charge is 2.22. The minimum Gasteiger partial charge on any atom is -0.307 e. The van der Waals surface area contributed by atoms with Crippen LogP contribution < -0.4 is 5.32 Å². The fourth-order valence-electron chi connectivity index (χ4n) is 2.58. The second-order valence-electron chi connectivity index (χ2n) is 5.19. The van der Waals surface area contributed by atoms with E-state index in [-0.39, 0.29) is 24.8 Å². The lowest BCUT2D eigenvalue weighted by atomic mass is 10.2. The molecule has 7 heteroatoms. The van der Waals surface area contributed by atoms with E-state index in [4.69, 9.17) is 0 Å². The maximum Gasteiger partial charge on any atom is 0.247 e. The Kier molecular flexibility index (Phi) is 3.11. The summed E-state index contributed by atoms with van der Waals surface area (Å²) in [4.78, 5) is 19.9. The van der Waals surface area contributed by atoms with Gasteiger partial charge in [0.05, 0.1) is 11.9 Å². The van der Waals surface area contributed by atoms with E-state index in [2.05, 4.69) is 20.4 Å². The van der Waals surface area contributed by atoms with Crippen molar-refractivity contribution in [3.63, 3.8) is 0 Å². The number of carbonyl (C=O) groups excluding carboxylic acids is 1. The molecule has 0 fully saturated rings. The molecule has 1 aromatic carbocycles. The third-order valence-electron chi connectivity index (χ3n) is 3.65. The maximum atomic E-state index is 13.9. The van der Waals surface area contributed by atoms with Crippen LogP contribution in [-0.2, 0) is 11.3 Å². The van der Waals surface area contributed by atoms with E-state index < -0.39 is 0 Å². The number of benzene rings is 1. The highest BCUT2D eigenvalue weighted by Crippen LogP contribution is 2.19. The number of halogens is 1. The van der Waals surface area contributed by atoms with Crippen molar-refractivity contribution < 1.29 is 9.18 Å². The Morgan fingerprint density at radius 3 is 2.87 bits per heavy atom. The van der Waals surface area contributed by atoms with Gasteiger partial charge in [0, 0.05) is 11.8 Å². The summed E-state index contributed by atoms with van der Waals surface area (Å²) in [7, 11) is 0.